The van der Waals surface area contributed by atoms with Crippen molar-refractivity contribution in [2.45, 2.75) is 51.3 Å². The van der Waals surface area contributed by atoms with E-state index < -0.39 is 0 Å². The maximum atomic E-state index is 5.38. The summed E-state index contributed by atoms with van der Waals surface area (Å²) < 4.78 is 5.38. The predicted molar refractivity (Wildman–Crippen MR) is 81.9 cm³/mol. The standard InChI is InChI=1S/C16H26OS/c1-15(2,3)11-16(4,5)12-8-9-13(17-6)14(10-12)18-7/h8-10H,11H2,1-7H3. The lowest BCUT2D eigenvalue weighted by Gasteiger charge is -2.33. The SMILES string of the molecule is COc1ccc(C(C)(C)CC(C)(C)C)cc1SC. The van der Waals surface area contributed by atoms with Crippen molar-refractivity contribution in [3.05, 3.63) is 23.8 Å². The summed E-state index contributed by atoms with van der Waals surface area (Å²) >= 11 is 1.74. The highest BCUT2D eigenvalue weighted by Gasteiger charge is 2.27. The van der Waals surface area contributed by atoms with Gasteiger partial charge in [-0.3, -0.25) is 0 Å². The van der Waals surface area contributed by atoms with Gasteiger partial charge >= 0.3 is 0 Å². The Hall–Kier alpha value is -0.630. The van der Waals surface area contributed by atoms with E-state index >= 15 is 0 Å². The molecule has 0 N–H and O–H groups in total. The van der Waals surface area contributed by atoms with Crippen molar-refractivity contribution >= 4 is 11.8 Å². The molecule has 0 aromatic heterocycles. The molecule has 0 atom stereocenters. The van der Waals surface area contributed by atoms with E-state index in [0.29, 0.717) is 5.41 Å². The molecule has 0 saturated carbocycles. The molecule has 0 aliphatic carbocycles. The van der Waals surface area contributed by atoms with E-state index in [1.807, 2.05) is 0 Å². The van der Waals surface area contributed by atoms with E-state index in [9.17, 15) is 0 Å². The van der Waals surface area contributed by atoms with Gasteiger partial charge in [-0.2, -0.15) is 0 Å². The Morgan fingerprint density at radius 3 is 2.17 bits per heavy atom. The van der Waals surface area contributed by atoms with Crippen molar-refractivity contribution in [1.82, 2.24) is 0 Å². The first-order valence-corrected chi connectivity index (χ1v) is 7.64. The highest BCUT2D eigenvalue weighted by Crippen LogP contribution is 2.39. The molecule has 1 aromatic rings. The summed E-state index contributed by atoms with van der Waals surface area (Å²) in [7, 11) is 1.73. The molecule has 0 saturated heterocycles. The quantitative estimate of drug-likeness (QED) is 0.699. The van der Waals surface area contributed by atoms with Crippen molar-refractivity contribution in [2.75, 3.05) is 13.4 Å². The smallest absolute Gasteiger partial charge is 0.132 e. The molecule has 0 radical (unpaired) electrons. The topological polar surface area (TPSA) is 9.23 Å². The lowest BCUT2D eigenvalue weighted by atomic mass is 9.72. The maximum absolute atomic E-state index is 5.38. The van der Waals surface area contributed by atoms with Gasteiger partial charge in [0.1, 0.15) is 5.75 Å². The molecule has 102 valence electrons. The first-order valence-electron chi connectivity index (χ1n) is 6.42. The molecule has 0 spiro atoms. The first-order chi connectivity index (χ1) is 8.19. The summed E-state index contributed by atoms with van der Waals surface area (Å²) in [5, 5.41) is 0. The summed E-state index contributed by atoms with van der Waals surface area (Å²) in [6, 6.07) is 6.56. The Morgan fingerprint density at radius 2 is 1.72 bits per heavy atom. The molecule has 1 rings (SSSR count). The third-order valence-electron chi connectivity index (χ3n) is 3.14. The minimum atomic E-state index is 0.189. The van der Waals surface area contributed by atoms with E-state index in [0.717, 1.165) is 5.75 Å². The lowest BCUT2D eigenvalue weighted by molar-refractivity contribution is 0.283. The average molecular weight is 266 g/mol. The number of methoxy groups -OCH3 is 1. The summed E-state index contributed by atoms with van der Waals surface area (Å²) in [6.45, 7) is 11.5. The largest absolute Gasteiger partial charge is 0.496 e. The molecular weight excluding hydrogens is 240 g/mol. The molecule has 0 fully saturated rings. The van der Waals surface area contributed by atoms with Crippen LogP contribution in [0.2, 0.25) is 0 Å². The third kappa shape index (κ3) is 3.94. The molecule has 0 unspecified atom stereocenters. The molecule has 2 heteroatoms. The fourth-order valence-corrected chi connectivity index (χ4v) is 3.28. The Labute approximate surface area is 116 Å². The van der Waals surface area contributed by atoms with Gasteiger partial charge in [0.15, 0.2) is 0 Å². The number of benzene rings is 1. The zero-order valence-corrected chi connectivity index (χ0v) is 13.6. The highest BCUT2D eigenvalue weighted by molar-refractivity contribution is 7.98. The van der Waals surface area contributed by atoms with Gasteiger partial charge in [-0.25, -0.2) is 0 Å². The normalized spacial score (nSPS) is 12.6. The van der Waals surface area contributed by atoms with Gasteiger partial charge in [-0.1, -0.05) is 40.7 Å². The van der Waals surface area contributed by atoms with Crippen LogP contribution in [0.15, 0.2) is 23.1 Å². The number of hydrogen-bond donors (Lipinski definition) is 0. The highest BCUT2D eigenvalue weighted by atomic mass is 32.2. The van der Waals surface area contributed by atoms with Crippen LogP contribution in [-0.2, 0) is 5.41 Å². The maximum Gasteiger partial charge on any atom is 0.132 e. The number of ether oxygens (including phenoxy) is 1. The molecule has 0 aliphatic rings. The van der Waals surface area contributed by atoms with Gasteiger partial charge in [-0.15, -0.1) is 11.8 Å². The van der Waals surface area contributed by atoms with Crippen LogP contribution in [0.5, 0.6) is 5.75 Å². The van der Waals surface area contributed by atoms with Crippen molar-refractivity contribution in [3.63, 3.8) is 0 Å². The van der Waals surface area contributed by atoms with Crippen LogP contribution in [-0.4, -0.2) is 13.4 Å². The van der Waals surface area contributed by atoms with Crippen molar-refractivity contribution in [1.29, 1.82) is 0 Å². The van der Waals surface area contributed by atoms with E-state index in [1.165, 1.54) is 16.9 Å². The van der Waals surface area contributed by atoms with Crippen molar-refractivity contribution in [3.8, 4) is 5.75 Å². The molecule has 0 amide bonds. The first kappa shape index (κ1) is 15.4. The predicted octanol–water partition coefficient (Wildman–Crippen LogP) is 5.13. The average Bonchev–Trinajstić information content (AvgIpc) is 2.24. The van der Waals surface area contributed by atoms with E-state index in [1.54, 1.807) is 18.9 Å². The van der Waals surface area contributed by atoms with Gasteiger partial charge in [0.2, 0.25) is 0 Å². The minimum Gasteiger partial charge on any atom is -0.496 e. The van der Waals surface area contributed by atoms with E-state index in [-0.39, 0.29) is 5.41 Å². The van der Waals surface area contributed by atoms with E-state index in [4.69, 9.17) is 4.74 Å². The van der Waals surface area contributed by atoms with Crippen LogP contribution in [0, 0.1) is 5.41 Å². The Morgan fingerprint density at radius 1 is 1.11 bits per heavy atom. The second-order valence-corrected chi connectivity index (χ2v) is 7.54. The summed E-state index contributed by atoms with van der Waals surface area (Å²) in [6.07, 6.45) is 3.26. The summed E-state index contributed by atoms with van der Waals surface area (Å²) in [5.74, 6) is 0.970. The van der Waals surface area contributed by atoms with Gasteiger partial charge in [0.05, 0.1) is 7.11 Å². The van der Waals surface area contributed by atoms with Crippen LogP contribution < -0.4 is 4.74 Å². The molecule has 1 nitrogen and oxygen atoms in total. The van der Waals surface area contributed by atoms with Crippen molar-refractivity contribution < 1.29 is 4.74 Å². The fraction of sp³-hybridized carbons (Fsp3) is 0.625. The number of rotatable bonds is 4. The number of thioether (sulfide) groups is 1. The van der Waals surface area contributed by atoms with Crippen LogP contribution in [0.3, 0.4) is 0 Å². The van der Waals surface area contributed by atoms with Crippen LogP contribution in [0.4, 0.5) is 0 Å². The van der Waals surface area contributed by atoms with Crippen LogP contribution in [0.1, 0.15) is 46.6 Å². The van der Waals surface area contributed by atoms with Gasteiger partial charge < -0.3 is 4.74 Å². The van der Waals surface area contributed by atoms with Crippen LogP contribution >= 0.6 is 11.8 Å². The second-order valence-electron chi connectivity index (χ2n) is 6.69. The Kier molecular flexibility index (Phi) is 4.77. The minimum absolute atomic E-state index is 0.189. The monoisotopic (exact) mass is 266 g/mol. The third-order valence-corrected chi connectivity index (χ3v) is 3.90. The van der Waals surface area contributed by atoms with Crippen molar-refractivity contribution in [2.24, 2.45) is 5.41 Å². The number of hydrogen-bond acceptors (Lipinski definition) is 2. The fourth-order valence-electron chi connectivity index (χ4n) is 2.69. The molecule has 0 bridgehead atoms. The molecule has 18 heavy (non-hydrogen) atoms. The van der Waals surface area contributed by atoms with Crippen LogP contribution in [0.25, 0.3) is 0 Å². The molecule has 0 heterocycles. The van der Waals surface area contributed by atoms with Gasteiger partial charge in [0, 0.05) is 4.90 Å². The Bertz CT molecular complexity index is 402. The zero-order valence-electron chi connectivity index (χ0n) is 12.8. The molecular formula is C16H26OS. The summed E-state index contributed by atoms with van der Waals surface area (Å²) in [4.78, 5) is 1.22. The second kappa shape index (κ2) is 5.56. The Balaban J connectivity index is 3.09. The van der Waals surface area contributed by atoms with E-state index in [2.05, 4.69) is 59.1 Å². The van der Waals surface area contributed by atoms with Gasteiger partial charge in [0.25, 0.3) is 0 Å². The summed E-state index contributed by atoms with van der Waals surface area (Å²) in [5.41, 5.74) is 1.92. The lowest BCUT2D eigenvalue weighted by Crippen LogP contribution is -2.24. The van der Waals surface area contributed by atoms with Gasteiger partial charge in [-0.05, 0) is 41.2 Å². The molecule has 0 aliphatic heterocycles. The molecule has 1 aromatic carbocycles. The zero-order chi connectivity index (χ0) is 14.0.